The van der Waals surface area contributed by atoms with Crippen LogP contribution in [0.4, 0.5) is 5.95 Å². The summed E-state index contributed by atoms with van der Waals surface area (Å²) < 4.78 is 7.30. The van der Waals surface area contributed by atoms with Crippen LogP contribution < -0.4 is 10.1 Å². The topological polar surface area (TPSA) is 69.0 Å². The first-order valence-corrected chi connectivity index (χ1v) is 9.81. The maximum atomic E-state index is 12.1. The summed E-state index contributed by atoms with van der Waals surface area (Å²) >= 11 is 7.72. The summed E-state index contributed by atoms with van der Waals surface area (Å²) in [7, 11) is 0. The molecule has 6 nitrogen and oxygen atoms in total. The number of amides is 1. The number of carbonyl (C=O) groups excluding carboxylic acids is 1. The van der Waals surface area contributed by atoms with Gasteiger partial charge in [0.2, 0.25) is 5.95 Å². The molecule has 1 heterocycles. The Morgan fingerprint density at radius 2 is 1.89 bits per heavy atom. The number of rotatable bonds is 8. The van der Waals surface area contributed by atoms with Crippen molar-refractivity contribution in [2.24, 2.45) is 0 Å². The lowest BCUT2D eigenvalue weighted by Crippen LogP contribution is -2.22. The molecular formula is C19H19ClN4O2S. The molecule has 0 aliphatic carbocycles. The molecule has 1 amide bonds. The Balaban J connectivity index is 1.59. The lowest BCUT2D eigenvalue weighted by atomic mass is 10.2. The number of para-hydroxylation sites is 1. The molecule has 27 heavy (non-hydrogen) atoms. The SMILES string of the molecule is CCn1c(NC(=O)COc2ccccc2)nnc1SCc1ccccc1Cl. The van der Waals surface area contributed by atoms with E-state index < -0.39 is 0 Å². The fourth-order valence-electron chi connectivity index (χ4n) is 2.36. The van der Waals surface area contributed by atoms with Crippen LogP contribution in [0.5, 0.6) is 5.75 Å². The molecule has 0 bridgehead atoms. The van der Waals surface area contributed by atoms with Crippen molar-refractivity contribution in [3.63, 3.8) is 0 Å². The summed E-state index contributed by atoms with van der Waals surface area (Å²) in [6, 6.07) is 16.9. The van der Waals surface area contributed by atoms with E-state index in [1.54, 1.807) is 12.1 Å². The third-order valence-corrected chi connectivity index (χ3v) is 5.10. The normalized spacial score (nSPS) is 10.6. The number of aromatic nitrogens is 3. The molecular weight excluding hydrogens is 384 g/mol. The first-order valence-electron chi connectivity index (χ1n) is 8.44. The van der Waals surface area contributed by atoms with Crippen LogP contribution in [0.2, 0.25) is 5.02 Å². The van der Waals surface area contributed by atoms with Crippen molar-refractivity contribution in [3.8, 4) is 5.75 Å². The molecule has 3 aromatic rings. The molecule has 2 aromatic carbocycles. The number of benzene rings is 2. The van der Waals surface area contributed by atoms with Crippen molar-refractivity contribution < 1.29 is 9.53 Å². The number of nitrogens with zero attached hydrogens (tertiary/aromatic N) is 3. The molecule has 140 valence electrons. The molecule has 0 saturated heterocycles. The second kappa shape index (κ2) is 9.43. The van der Waals surface area contributed by atoms with Gasteiger partial charge in [0.15, 0.2) is 11.8 Å². The number of hydrogen-bond donors (Lipinski definition) is 1. The maximum Gasteiger partial charge on any atom is 0.264 e. The third-order valence-electron chi connectivity index (χ3n) is 3.71. The number of thioether (sulfide) groups is 1. The predicted octanol–water partition coefficient (Wildman–Crippen LogP) is 4.26. The minimum absolute atomic E-state index is 0.0946. The molecule has 0 saturated carbocycles. The molecule has 8 heteroatoms. The molecule has 3 rings (SSSR count). The standard InChI is InChI=1S/C19H19ClN4O2S/c1-2-24-18(21-17(25)12-26-15-9-4-3-5-10-15)22-23-19(24)27-13-14-8-6-7-11-16(14)20/h3-11H,2,12-13H2,1H3,(H,21,22,25). The Kier molecular flexibility index (Phi) is 6.73. The van der Waals surface area contributed by atoms with Gasteiger partial charge < -0.3 is 4.74 Å². The highest BCUT2D eigenvalue weighted by atomic mass is 35.5. The van der Waals surface area contributed by atoms with Gasteiger partial charge in [-0.2, -0.15) is 0 Å². The first-order chi connectivity index (χ1) is 13.2. The van der Waals surface area contributed by atoms with Gasteiger partial charge in [-0.3, -0.25) is 14.7 Å². The van der Waals surface area contributed by atoms with Crippen molar-refractivity contribution >= 4 is 35.2 Å². The van der Waals surface area contributed by atoms with Gasteiger partial charge in [-0.15, -0.1) is 10.2 Å². The Morgan fingerprint density at radius 1 is 1.15 bits per heavy atom. The van der Waals surface area contributed by atoms with Crippen molar-refractivity contribution in [1.82, 2.24) is 14.8 Å². The molecule has 0 unspecified atom stereocenters. The number of anilines is 1. The smallest absolute Gasteiger partial charge is 0.264 e. The van der Waals surface area contributed by atoms with E-state index in [1.165, 1.54) is 11.8 Å². The second-order valence-electron chi connectivity index (χ2n) is 5.58. The zero-order valence-electron chi connectivity index (χ0n) is 14.8. The van der Waals surface area contributed by atoms with E-state index in [9.17, 15) is 4.79 Å². The Morgan fingerprint density at radius 3 is 2.63 bits per heavy atom. The van der Waals surface area contributed by atoms with Crippen molar-refractivity contribution in [3.05, 3.63) is 65.2 Å². The molecule has 1 aromatic heterocycles. The van der Waals surface area contributed by atoms with Gasteiger partial charge in [0.25, 0.3) is 5.91 Å². The maximum absolute atomic E-state index is 12.1. The summed E-state index contributed by atoms with van der Waals surface area (Å²) in [4.78, 5) is 12.1. The van der Waals surface area contributed by atoms with Gasteiger partial charge in [0, 0.05) is 17.3 Å². The zero-order chi connectivity index (χ0) is 19.1. The van der Waals surface area contributed by atoms with E-state index in [4.69, 9.17) is 16.3 Å². The second-order valence-corrected chi connectivity index (χ2v) is 6.93. The minimum Gasteiger partial charge on any atom is -0.484 e. The van der Waals surface area contributed by atoms with Gasteiger partial charge in [0.05, 0.1) is 0 Å². The number of nitrogens with one attached hydrogen (secondary N) is 1. The van der Waals surface area contributed by atoms with Crippen LogP contribution in [-0.4, -0.2) is 27.3 Å². The molecule has 0 radical (unpaired) electrons. The monoisotopic (exact) mass is 402 g/mol. The minimum atomic E-state index is -0.288. The number of halogens is 1. The van der Waals surface area contributed by atoms with Crippen molar-refractivity contribution in [2.45, 2.75) is 24.4 Å². The summed E-state index contributed by atoms with van der Waals surface area (Å²) in [5.74, 6) is 1.42. The van der Waals surface area contributed by atoms with E-state index >= 15 is 0 Å². The highest BCUT2D eigenvalue weighted by molar-refractivity contribution is 7.98. The molecule has 0 spiro atoms. The quantitative estimate of drug-likeness (QED) is 0.570. The Hall–Kier alpha value is -2.51. The zero-order valence-corrected chi connectivity index (χ0v) is 16.3. The van der Waals surface area contributed by atoms with Gasteiger partial charge in [-0.05, 0) is 30.7 Å². The highest BCUT2D eigenvalue weighted by Gasteiger charge is 2.14. The van der Waals surface area contributed by atoms with Crippen LogP contribution in [0.15, 0.2) is 59.8 Å². The summed E-state index contributed by atoms with van der Waals surface area (Å²) in [6.07, 6.45) is 0. The highest BCUT2D eigenvalue weighted by Crippen LogP contribution is 2.26. The van der Waals surface area contributed by atoms with E-state index in [-0.39, 0.29) is 12.5 Å². The molecule has 0 aliphatic rings. The van der Waals surface area contributed by atoms with Gasteiger partial charge >= 0.3 is 0 Å². The summed E-state index contributed by atoms with van der Waals surface area (Å²) in [6.45, 7) is 2.51. The van der Waals surface area contributed by atoms with Gasteiger partial charge in [0.1, 0.15) is 5.75 Å². The third kappa shape index (κ3) is 5.24. The van der Waals surface area contributed by atoms with E-state index in [1.807, 2.05) is 54.0 Å². The van der Waals surface area contributed by atoms with E-state index in [0.717, 1.165) is 15.7 Å². The number of ether oxygens (including phenoxy) is 1. The fourth-order valence-corrected chi connectivity index (χ4v) is 3.65. The van der Waals surface area contributed by atoms with Crippen molar-refractivity contribution in [2.75, 3.05) is 11.9 Å². The molecule has 0 aliphatic heterocycles. The van der Waals surface area contributed by atoms with Gasteiger partial charge in [-0.1, -0.05) is 59.8 Å². The summed E-state index contributed by atoms with van der Waals surface area (Å²) in [5.41, 5.74) is 1.02. The lowest BCUT2D eigenvalue weighted by molar-refractivity contribution is -0.118. The predicted molar refractivity (Wildman–Crippen MR) is 107 cm³/mol. The first kappa shape index (κ1) is 19.3. The van der Waals surface area contributed by atoms with Crippen LogP contribution in [-0.2, 0) is 17.1 Å². The average molecular weight is 403 g/mol. The van der Waals surface area contributed by atoms with Crippen LogP contribution in [0.3, 0.4) is 0 Å². The van der Waals surface area contributed by atoms with Crippen LogP contribution in [0, 0.1) is 0 Å². The van der Waals surface area contributed by atoms with E-state index in [0.29, 0.717) is 24.0 Å². The fraction of sp³-hybridized carbons (Fsp3) is 0.211. The molecule has 0 fully saturated rings. The largest absolute Gasteiger partial charge is 0.484 e. The van der Waals surface area contributed by atoms with Crippen LogP contribution in [0.1, 0.15) is 12.5 Å². The number of carbonyl (C=O) groups is 1. The molecule has 1 N–H and O–H groups in total. The summed E-state index contributed by atoms with van der Waals surface area (Å²) in [5, 5.41) is 12.5. The average Bonchev–Trinajstić information content (AvgIpc) is 3.08. The number of hydrogen-bond acceptors (Lipinski definition) is 5. The van der Waals surface area contributed by atoms with Crippen LogP contribution >= 0.6 is 23.4 Å². The van der Waals surface area contributed by atoms with Crippen LogP contribution in [0.25, 0.3) is 0 Å². The molecule has 0 atom stereocenters. The Labute approximate surface area is 166 Å². The lowest BCUT2D eigenvalue weighted by Gasteiger charge is -2.09. The van der Waals surface area contributed by atoms with Gasteiger partial charge in [-0.25, -0.2) is 0 Å². The van der Waals surface area contributed by atoms with Crippen molar-refractivity contribution in [1.29, 1.82) is 0 Å². The van der Waals surface area contributed by atoms with E-state index in [2.05, 4.69) is 15.5 Å². The Bertz CT molecular complexity index is 902.